The molecule has 1 fully saturated rings. The maximum Gasteiger partial charge on any atom is 0.331 e. The molecule has 0 radical (unpaired) electrons. The number of furan rings is 1. The van der Waals surface area contributed by atoms with Crippen molar-refractivity contribution in [2.45, 2.75) is 6.54 Å². The Kier molecular flexibility index (Phi) is 5.35. The summed E-state index contributed by atoms with van der Waals surface area (Å²) in [6.07, 6.45) is 2.74. The van der Waals surface area contributed by atoms with Crippen molar-refractivity contribution in [3.8, 4) is 17.2 Å². The first-order valence-corrected chi connectivity index (χ1v) is 8.19. The average molecular weight is 386 g/mol. The second-order valence-electron chi connectivity index (χ2n) is 5.73. The van der Waals surface area contributed by atoms with Gasteiger partial charge in [0, 0.05) is 12.1 Å². The predicted octanol–water partition coefficient (Wildman–Crippen LogP) is 1.97. The molecule has 0 saturated carbocycles. The number of hydrogen-bond donors (Lipinski definition) is 1. The smallest absolute Gasteiger partial charge is 0.331 e. The first kappa shape index (κ1) is 19.0. The molecule has 1 aromatic heterocycles. The molecule has 1 N–H and O–H groups in total. The molecule has 2 aromatic rings. The highest BCUT2D eigenvalue weighted by Gasteiger charge is 2.36. The molecule has 28 heavy (non-hydrogen) atoms. The van der Waals surface area contributed by atoms with E-state index in [9.17, 15) is 14.4 Å². The van der Waals surface area contributed by atoms with Crippen LogP contribution >= 0.6 is 0 Å². The predicted molar refractivity (Wildman–Crippen MR) is 96.9 cm³/mol. The van der Waals surface area contributed by atoms with E-state index in [1.807, 2.05) is 0 Å². The molecular formula is C19H18N2O7. The minimum Gasteiger partial charge on any atom is -0.496 e. The van der Waals surface area contributed by atoms with Gasteiger partial charge in [0.1, 0.15) is 28.6 Å². The number of carbonyl (C=O) groups excluding carboxylic acids is 3. The third-order valence-electron chi connectivity index (χ3n) is 4.12. The number of nitrogens with zero attached hydrogens (tertiary/aromatic N) is 1. The number of carbonyl (C=O) groups is 3. The van der Waals surface area contributed by atoms with E-state index in [1.165, 1.54) is 33.7 Å². The van der Waals surface area contributed by atoms with E-state index in [-0.39, 0.29) is 12.1 Å². The normalized spacial score (nSPS) is 15.6. The first-order chi connectivity index (χ1) is 13.5. The summed E-state index contributed by atoms with van der Waals surface area (Å²) < 4.78 is 21.0. The van der Waals surface area contributed by atoms with Crippen LogP contribution in [0.15, 0.2) is 40.5 Å². The zero-order chi connectivity index (χ0) is 20.3. The maximum atomic E-state index is 12.8. The van der Waals surface area contributed by atoms with E-state index in [4.69, 9.17) is 18.6 Å². The third-order valence-corrected chi connectivity index (χ3v) is 4.12. The summed E-state index contributed by atoms with van der Waals surface area (Å²) in [6.45, 7) is -0.112. The summed E-state index contributed by atoms with van der Waals surface area (Å²) in [5.41, 5.74) is 0.115. The number of ether oxygens (including phenoxy) is 3. The van der Waals surface area contributed by atoms with Crippen molar-refractivity contribution in [3.05, 3.63) is 47.4 Å². The third kappa shape index (κ3) is 3.54. The summed E-state index contributed by atoms with van der Waals surface area (Å²) in [6, 6.07) is 5.61. The van der Waals surface area contributed by atoms with Crippen LogP contribution in [0.3, 0.4) is 0 Å². The van der Waals surface area contributed by atoms with E-state index in [0.717, 1.165) is 4.90 Å². The fraction of sp³-hybridized carbons (Fsp3) is 0.211. The molecule has 0 spiro atoms. The molecule has 9 heteroatoms. The van der Waals surface area contributed by atoms with Gasteiger partial charge in [-0.15, -0.1) is 0 Å². The van der Waals surface area contributed by atoms with Gasteiger partial charge in [-0.25, -0.2) is 4.79 Å². The van der Waals surface area contributed by atoms with Crippen molar-refractivity contribution in [3.63, 3.8) is 0 Å². The van der Waals surface area contributed by atoms with Gasteiger partial charge in [-0.3, -0.25) is 19.8 Å². The Morgan fingerprint density at radius 1 is 1.07 bits per heavy atom. The summed E-state index contributed by atoms with van der Waals surface area (Å²) in [7, 11) is 4.36. The van der Waals surface area contributed by atoms with Gasteiger partial charge in [0.15, 0.2) is 0 Å². The van der Waals surface area contributed by atoms with Crippen molar-refractivity contribution in [1.82, 2.24) is 10.2 Å². The van der Waals surface area contributed by atoms with Crippen LogP contribution in [0.1, 0.15) is 11.3 Å². The molecule has 0 bridgehead atoms. The summed E-state index contributed by atoms with van der Waals surface area (Å²) in [4.78, 5) is 38.1. The molecule has 2 heterocycles. The molecule has 0 aliphatic carbocycles. The molecule has 9 nitrogen and oxygen atoms in total. The van der Waals surface area contributed by atoms with Gasteiger partial charge in [-0.05, 0) is 18.2 Å². The Balaban J connectivity index is 2.03. The fourth-order valence-electron chi connectivity index (χ4n) is 2.72. The number of hydrogen-bond acceptors (Lipinski definition) is 7. The monoisotopic (exact) mass is 386 g/mol. The maximum absolute atomic E-state index is 12.8. The second kappa shape index (κ2) is 7.87. The van der Waals surface area contributed by atoms with E-state index in [1.54, 1.807) is 24.3 Å². The van der Waals surface area contributed by atoms with Crippen LogP contribution in [0.25, 0.3) is 6.08 Å². The number of benzene rings is 1. The Morgan fingerprint density at radius 3 is 2.29 bits per heavy atom. The van der Waals surface area contributed by atoms with Crippen LogP contribution in [0.4, 0.5) is 4.79 Å². The van der Waals surface area contributed by atoms with Gasteiger partial charge in [0.2, 0.25) is 0 Å². The van der Waals surface area contributed by atoms with Crippen molar-refractivity contribution < 1.29 is 33.0 Å². The standard InChI is InChI=1S/C19H18N2O7/c1-25-12-7-15(26-2)13(16(8-12)27-3)9-14-17(22)20-19(24)21(18(14)23)10-11-5-4-6-28-11/h4-9H,10H2,1-3H3,(H,20,22,24)/b14-9+. The molecule has 1 saturated heterocycles. The second-order valence-corrected chi connectivity index (χ2v) is 5.73. The highest BCUT2D eigenvalue weighted by molar-refractivity contribution is 6.31. The van der Waals surface area contributed by atoms with Crippen molar-refractivity contribution in [2.75, 3.05) is 21.3 Å². The number of barbiturate groups is 1. The molecule has 0 atom stereocenters. The van der Waals surface area contributed by atoms with Crippen LogP contribution < -0.4 is 19.5 Å². The number of urea groups is 1. The van der Waals surface area contributed by atoms with Gasteiger partial charge in [0.25, 0.3) is 11.8 Å². The van der Waals surface area contributed by atoms with E-state index < -0.39 is 17.8 Å². The van der Waals surface area contributed by atoms with Gasteiger partial charge in [0.05, 0.1) is 39.7 Å². The summed E-state index contributed by atoms with van der Waals surface area (Å²) in [5.74, 6) is -0.0324. The minimum atomic E-state index is -0.822. The number of methoxy groups -OCH3 is 3. The largest absolute Gasteiger partial charge is 0.496 e. The van der Waals surface area contributed by atoms with Crippen LogP contribution in [0.5, 0.6) is 17.2 Å². The van der Waals surface area contributed by atoms with Gasteiger partial charge < -0.3 is 18.6 Å². The van der Waals surface area contributed by atoms with Gasteiger partial charge >= 0.3 is 6.03 Å². The zero-order valence-corrected chi connectivity index (χ0v) is 15.5. The highest BCUT2D eigenvalue weighted by Crippen LogP contribution is 2.36. The van der Waals surface area contributed by atoms with Crippen molar-refractivity contribution >= 4 is 23.9 Å². The topological polar surface area (TPSA) is 107 Å². The first-order valence-electron chi connectivity index (χ1n) is 8.19. The average Bonchev–Trinajstić information content (AvgIpc) is 3.21. The zero-order valence-electron chi connectivity index (χ0n) is 15.5. The molecule has 146 valence electrons. The molecular weight excluding hydrogens is 368 g/mol. The van der Waals surface area contributed by atoms with Crippen molar-refractivity contribution in [1.29, 1.82) is 0 Å². The van der Waals surface area contributed by atoms with Crippen molar-refractivity contribution in [2.24, 2.45) is 0 Å². The molecule has 1 aliphatic rings. The SMILES string of the molecule is COc1cc(OC)c(/C=C2\C(=O)NC(=O)N(Cc3ccco3)C2=O)c(OC)c1. The Morgan fingerprint density at radius 2 is 1.75 bits per heavy atom. The van der Waals surface area contributed by atoms with E-state index >= 15 is 0 Å². The quantitative estimate of drug-likeness (QED) is 0.597. The molecule has 1 aromatic carbocycles. The van der Waals surface area contributed by atoms with E-state index in [0.29, 0.717) is 28.6 Å². The van der Waals surface area contributed by atoms with Gasteiger partial charge in [-0.2, -0.15) is 0 Å². The lowest BCUT2D eigenvalue weighted by molar-refractivity contribution is -0.130. The van der Waals surface area contributed by atoms with Gasteiger partial charge in [-0.1, -0.05) is 0 Å². The lowest BCUT2D eigenvalue weighted by atomic mass is 10.0. The summed E-state index contributed by atoms with van der Waals surface area (Å²) >= 11 is 0. The molecule has 1 aliphatic heterocycles. The Bertz CT molecular complexity index is 922. The van der Waals surface area contributed by atoms with Crippen LogP contribution in [0, 0.1) is 0 Å². The number of nitrogens with one attached hydrogen (secondary N) is 1. The van der Waals surface area contributed by atoms with Crippen LogP contribution in [-0.2, 0) is 16.1 Å². The number of amides is 4. The van der Waals surface area contributed by atoms with Crippen LogP contribution in [-0.4, -0.2) is 44.1 Å². The van der Waals surface area contributed by atoms with Crippen LogP contribution in [0.2, 0.25) is 0 Å². The molecule has 4 amide bonds. The summed E-state index contributed by atoms with van der Waals surface area (Å²) in [5, 5.41) is 2.15. The Hall–Kier alpha value is -3.75. The molecule has 0 unspecified atom stereocenters. The molecule has 3 rings (SSSR count). The highest BCUT2D eigenvalue weighted by atomic mass is 16.5. The fourth-order valence-corrected chi connectivity index (χ4v) is 2.72. The minimum absolute atomic E-state index is 0.112. The lowest BCUT2D eigenvalue weighted by Gasteiger charge is -2.25. The Labute approximate surface area is 160 Å². The number of imide groups is 2. The lowest BCUT2D eigenvalue weighted by Crippen LogP contribution is -2.53. The number of rotatable bonds is 6. The van der Waals surface area contributed by atoms with E-state index in [2.05, 4.69) is 5.32 Å².